The molecule has 9 heteroatoms. The Morgan fingerprint density at radius 2 is 2.38 bits per heavy atom. The van der Waals surface area contributed by atoms with Gasteiger partial charge in [-0.2, -0.15) is 0 Å². The zero-order valence-electron chi connectivity index (χ0n) is 13.2. The van der Waals surface area contributed by atoms with Crippen molar-refractivity contribution in [3.05, 3.63) is 40.5 Å². The SMILES string of the molecule is Cn1cnc([N+](=O)[O-])c1Nc1ccc(NC[C@H]2CCCO2)c(F)c1. The number of nitrogens with zero attached hydrogens (tertiary/aromatic N) is 3. The first-order chi connectivity index (χ1) is 11.5. The highest BCUT2D eigenvalue weighted by Gasteiger charge is 2.20. The van der Waals surface area contributed by atoms with Gasteiger partial charge in [0.2, 0.25) is 12.1 Å². The number of nitro groups is 1. The molecule has 3 rings (SSSR count). The third kappa shape index (κ3) is 3.46. The van der Waals surface area contributed by atoms with Gasteiger partial charge in [-0.15, -0.1) is 0 Å². The fraction of sp³-hybridized carbons (Fsp3) is 0.400. The van der Waals surface area contributed by atoms with Gasteiger partial charge in [0.05, 0.1) is 11.8 Å². The molecule has 1 aliphatic heterocycles. The van der Waals surface area contributed by atoms with Gasteiger partial charge in [-0.05, 0) is 40.9 Å². The molecule has 1 saturated heterocycles. The molecule has 1 fully saturated rings. The molecule has 0 aliphatic carbocycles. The summed E-state index contributed by atoms with van der Waals surface area (Å²) in [5.41, 5.74) is 0.775. The van der Waals surface area contributed by atoms with Crippen LogP contribution in [-0.4, -0.2) is 33.7 Å². The summed E-state index contributed by atoms with van der Waals surface area (Å²) in [6, 6.07) is 4.53. The van der Waals surface area contributed by atoms with Crippen LogP contribution in [0.2, 0.25) is 0 Å². The Morgan fingerprint density at radius 3 is 3.04 bits per heavy atom. The smallest absolute Gasteiger partial charge is 0.380 e. The third-order valence-electron chi connectivity index (χ3n) is 3.87. The molecule has 0 saturated carbocycles. The topological polar surface area (TPSA) is 94.2 Å². The number of hydrogen-bond donors (Lipinski definition) is 2. The molecule has 0 radical (unpaired) electrons. The lowest BCUT2D eigenvalue weighted by atomic mass is 10.2. The summed E-state index contributed by atoms with van der Waals surface area (Å²) in [5.74, 6) is -0.555. The average Bonchev–Trinajstić information content (AvgIpc) is 3.17. The van der Waals surface area contributed by atoms with Crippen LogP contribution in [0.5, 0.6) is 0 Å². The maximum Gasteiger partial charge on any atom is 0.406 e. The van der Waals surface area contributed by atoms with Crippen molar-refractivity contribution in [2.24, 2.45) is 7.05 Å². The predicted molar refractivity (Wildman–Crippen MR) is 87.0 cm³/mol. The summed E-state index contributed by atoms with van der Waals surface area (Å²) in [6.07, 6.45) is 3.44. The van der Waals surface area contributed by atoms with Crippen LogP contribution in [0.15, 0.2) is 24.5 Å². The molecular formula is C15H18FN5O3. The normalized spacial score (nSPS) is 17.0. The number of halogens is 1. The lowest BCUT2D eigenvalue weighted by Crippen LogP contribution is -2.18. The summed E-state index contributed by atoms with van der Waals surface area (Å²) in [6.45, 7) is 1.30. The van der Waals surface area contributed by atoms with E-state index >= 15 is 0 Å². The number of ether oxygens (including phenoxy) is 1. The average molecular weight is 335 g/mol. The van der Waals surface area contributed by atoms with Crippen LogP contribution in [0.4, 0.5) is 27.4 Å². The first-order valence-corrected chi connectivity index (χ1v) is 7.62. The number of imidazole rings is 1. The summed E-state index contributed by atoms with van der Waals surface area (Å²) in [5, 5.41) is 16.8. The summed E-state index contributed by atoms with van der Waals surface area (Å²) in [7, 11) is 1.62. The van der Waals surface area contributed by atoms with Gasteiger partial charge in [0, 0.05) is 25.9 Å². The van der Waals surface area contributed by atoms with Crippen LogP contribution < -0.4 is 10.6 Å². The Kier molecular flexibility index (Phi) is 4.61. The standard InChI is InChI=1S/C15H18FN5O3/c1-20-9-18-14(21(22)23)15(20)19-10-4-5-13(12(16)7-10)17-8-11-3-2-6-24-11/h4-5,7,9,11,17,19H,2-3,6,8H2,1H3/t11-/m1/s1. The van der Waals surface area contributed by atoms with Crippen molar-refractivity contribution in [1.82, 2.24) is 9.55 Å². The largest absolute Gasteiger partial charge is 0.406 e. The molecule has 1 atom stereocenters. The lowest BCUT2D eigenvalue weighted by molar-refractivity contribution is -0.388. The van der Waals surface area contributed by atoms with Crippen molar-refractivity contribution in [2.75, 3.05) is 23.8 Å². The van der Waals surface area contributed by atoms with Crippen LogP contribution in [0.25, 0.3) is 0 Å². The van der Waals surface area contributed by atoms with Crippen molar-refractivity contribution in [3.8, 4) is 0 Å². The highest BCUT2D eigenvalue weighted by atomic mass is 19.1. The van der Waals surface area contributed by atoms with Crippen molar-refractivity contribution in [1.29, 1.82) is 0 Å². The highest BCUT2D eigenvalue weighted by molar-refractivity contribution is 5.66. The van der Waals surface area contributed by atoms with Gasteiger partial charge in [0.1, 0.15) is 5.82 Å². The van der Waals surface area contributed by atoms with E-state index in [2.05, 4.69) is 15.6 Å². The monoisotopic (exact) mass is 335 g/mol. The first kappa shape index (κ1) is 16.2. The molecule has 0 spiro atoms. The van der Waals surface area contributed by atoms with E-state index in [1.54, 1.807) is 19.2 Å². The van der Waals surface area contributed by atoms with E-state index in [0.29, 0.717) is 17.9 Å². The van der Waals surface area contributed by atoms with Crippen molar-refractivity contribution in [2.45, 2.75) is 18.9 Å². The Labute approximate surface area is 137 Å². The molecule has 128 valence electrons. The lowest BCUT2D eigenvalue weighted by Gasteiger charge is -2.13. The maximum atomic E-state index is 14.2. The van der Waals surface area contributed by atoms with Gasteiger partial charge in [-0.1, -0.05) is 0 Å². The van der Waals surface area contributed by atoms with E-state index < -0.39 is 10.7 Å². The molecule has 0 unspecified atom stereocenters. The Balaban J connectivity index is 1.70. The van der Waals surface area contributed by atoms with Crippen LogP contribution in [0, 0.1) is 15.9 Å². The highest BCUT2D eigenvalue weighted by Crippen LogP contribution is 2.27. The second kappa shape index (κ2) is 6.83. The first-order valence-electron chi connectivity index (χ1n) is 7.62. The molecule has 1 aromatic carbocycles. The third-order valence-corrected chi connectivity index (χ3v) is 3.87. The number of rotatable bonds is 6. The maximum absolute atomic E-state index is 14.2. The molecule has 1 aliphatic rings. The minimum absolute atomic E-state index is 0.110. The van der Waals surface area contributed by atoms with Crippen LogP contribution in [0.3, 0.4) is 0 Å². The van der Waals surface area contributed by atoms with Gasteiger partial charge < -0.3 is 25.5 Å². The predicted octanol–water partition coefficient (Wildman–Crippen LogP) is 2.80. The zero-order valence-corrected chi connectivity index (χ0v) is 13.2. The number of anilines is 3. The van der Waals surface area contributed by atoms with Gasteiger partial charge >= 0.3 is 5.82 Å². The van der Waals surface area contributed by atoms with Gasteiger partial charge in [-0.3, -0.25) is 4.57 Å². The van der Waals surface area contributed by atoms with Crippen LogP contribution in [-0.2, 0) is 11.8 Å². The Bertz CT molecular complexity index is 743. The minimum Gasteiger partial charge on any atom is -0.380 e. The number of benzene rings is 1. The van der Waals surface area contributed by atoms with Gasteiger partial charge in [0.15, 0.2) is 0 Å². The van der Waals surface area contributed by atoms with E-state index in [1.165, 1.54) is 17.0 Å². The van der Waals surface area contributed by atoms with Crippen molar-refractivity contribution >= 4 is 23.0 Å². The molecule has 1 aromatic heterocycles. The number of aryl methyl sites for hydroxylation is 1. The molecule has 0 amide bonds. The molecule has 24 heavy (non-hydrogen) atoms. The van der Waals surface area contributed by atoms with E-state index in [9.17, 15) is 14.5 Å². The van der Waals surface area contributed by atoms with Crippen LogP contribution in [0.1, 0.15) is 12.8 Å². The molecule has 8 nitrogen and oxygen atoms in total. The van der Waals surface area contributed by atoms with E-state index in [1.807, 2.05) is 0 Å². The van der Waals surface area contributed by atoms with E-state index in [-0.39, 0.29) is 17.7 Å². The Hall–Kier alpha value is -2.68. The molecular weight excluding hydrogens is 317 g/mol. The molecule has 2 N–H and O–H groups in total. The van der Waals surface area contributed by atoms with E-state index in [4.69, 9.17) is 4.74 Å². The fourth-order valence-electron chi connectivity index (χ4n) is 2.60. The van der Waals surface area contributed by atoms with E-state index in [0.717, 1.165) is 19.4 Å². The van der Waals surface area contributed by atoms with Gasteiger partial charge in [0.25, 0.3) is 0 Å². The quantitative estimate of drug-likeness (QED) is 0.623. The number of nitrogens with one attached hydrogen (secondary N) is 2. The number of aromatic nitrogens is 2. The fourth-order valence-corrected chi connectivity index (χ4v) is 2.60. The Morgan fingerprint density at radius 1 is 1.54 bits per heavy atom. The molecule has 2 aromatic rings. The van der Waals surface area contributed by atoms with Crippen LogP contribution >= 0.6 is 0 Å². The van der Waals surface area contributed by atoms with Crippen molar-refractivity contribution < 1.29 is 14.1 Å². The second-order valence-electron chi connectivity index (χ2n) is 5.62. The zero-order chi connectivity index (χ0) is 17.1. The summed E-state index contributed by atoms with van der Waals surface area (Å²) < 4.78 is 21.2. The molecule has 0 bridgehead atoms. The minimum atomic E-state index is -0.587. The van der Waals surface area contributed by atoms with Gasteiger partial charge in [-0.25, -0.2) is 4.39 Å². The number of hydrogen-bond acceptors (Lipinski definition) is 6. The molecule has 2 heterocycles. The summed E-state index contributed by atoms with van der Waals surface area (Å²) in [4.78, 5) is 14.1. The second-order valence-corrected chi connectivity index (χ2v) is 5.62. The van der Waals surface area contributed by atoms with Crippen molar-refractivity contribution in [3.63, 3.8) is 0 Å². The summed E-state index contributed by atoms with van der Waals surface area (Å²) >= 11 is 0.